The van der Waals surface area contributed by atoms with Crippen molar-refractivity contribution in [2.45, 2.75) is 44.9 Å². The van der Waals surface area contributed by atoms with Gasteiger partial charge >= 0.3 is 0 Å². The Bertz CT molecular complexity index is 1100. The maximum atomic E-state index is 15.2. The van der Waals surface area contributed by atoms with Crippen LogP contribution in [0.25, 0.3) is 11.1 Å². The summed E-state index contributed by atoms with van der Waals surface area (Å²) in [4.78, 5) is 0. The summed E-state index contributed by atoms with van der Waals surface area (Å²) in [6, 6.07) is 9.64. The van der Waals surface area contributed by atoms with Crippen LogP contribution in [-0.2, 0) is 19.3 Å². The minimum atomic E-state index is -1.28. The van der Waals surface area contributed by atoms with E-state index >= 15 is 4.39 Å². The van der Waals surface area contributed by atoms with Gasteiger partial charge in [-0.2, -0.15) is 0 Å². The summed E-state index contributed by atoms with van der Waals surface area (Å²) in [6.45, 7) is 2.02. The molecule has 0 radical (unpaired) electrons. The Balaban J connectivity index is 1.70. The van der Waals surface area contributed by atoms with Crippen LogP contribution >= 0.6 is 0 Å². The molecule has 0 aliphatic heterocycles. The van der Waals surface area contributed by atoms with Gasteiger partial charge in [0.05, 0.1) is 5.56 Å². The van der Waals surface area contributed by atoms with Crippen molar-refractivity contribution in [3.8, 4) is 11.1 Å². The van der Waals surface area contributed by atoms with Gasteiger partial charge in [0.25, 0.3) is 0 Å². The Morgan fingerprint density at radius 3 is 2.40 bits per heavy atom. The van der Waals surface area contributed by atoms with Crippen LogP contribution in [0.5, 0.6) is 0 Å². The molecule has 0 bridgehead atoms. The highest BCUT2D eigenvalue weighted by atomic mass is 19.2. The maximum absolute atomic E-state index is 15.2. The molecule has 0 spiro atoms. The van der Waals surface area contributed by atoms with Crippen molar-refractivity contribution in [1.29, 1.82) is 0 Å². The van der Waals surface area contributed by atoms with Gasteiger partial charge in [0.15, 0.2) is 11.6 Å². The molecular formula is C25H21F5. The van der Waals surface area contributed by atoms with Crippen LogP contribution < -0.4 is 0 Å². The highest BCUT2D eigenvalue weighted by molar-refractivity contribution is 5.68. The van der Waals surface area contributed by atoms with E-state index in [1.807, 2.05) is 13.0 Å². The van der Waals surface area contributed by atoms with E-state index in [1.165, 1.54) is 18.2 Å². The van der Waals surface area contributed by atoms with E-state index in [9.17, 15) is 17.6 Å². The van der Waals surface area contributed by atoms with Gasteiger partial charge in [-0.3, -0.25) is 0 Å². The largest absolute Gasteiger partial charge is 0.207 e. The van der Waals surface area contributed by atoms with E-state index in [0.29, 0.717) is 24.0 Å². The lowest BCUT2D eigenvalue weighted by Crippen LogP contribution is -2.17. The van der Waals surface area contributed by atoms with Gasteiger partial charge in [-0.05, 0) is 72.1 Å². The monoisotopic (exact) mass is 416 g/mol. The molecule has 3 aromatic rings. The first-order valence-electron chi connectivity index (χ1n) is 10.1. The van der Waals surface area contributed by atoms with Crippen LogP contribution in [0.15, 0.2) is 42.5 Å². The number of hydrogen-bond acceptors (Lipinski definition) is 0. The normalized spacial score (nSPS) is 15.9. The van der Waals surface area contributed by atoms with E-state index in [2.05, 4.69) is 0 Å². The molecule has 3 aromatic carbocycles. The van der Waals surface area contributed by atoms with Crippen LogP contribution in [0.2, 0.25) is 0 Å². The fourth-order valence-electron chi connectivity index (χ4n) is 4.40. The number of hydrogen-bond donors (Lipinski definition) is 0. The molecule has 1 atom stereocenters. The maximum Gasteiger partial charge on any atom is 0.166 e. The Hall–Kier alpha value is -2.69. The van der Waals surface area contributed by atoms with E-state index in [0.717, 1.165) is 30.5 Å². The first-order chi connectivity index (χ1) is 14.4. The predicted octanol–water partition coefficient (Wildman–Crippen LogP) is 7.27. The molecule has 1 aliphatic rings. The lowest BCUT2D eigenvalue weighted by molar-refractivity contribution is 0.499. The topological polar surface area (TPSA) is 0 Å². The van der Waals surface area contributed by atoms with Crippen LogP contribution in [-0.4, -0.2) is 0 Å². The third kappa shape index (κ3) is 3.62. The zero-order valence-electron chi connectivity index (χ0n) is 16.5. The third-order valence-corrected chi connectivity index (χ3v) is 5.89. The minimum Gasteiger partial charge on any atom is -0.207 e. The molecule has 0 saturated carbocycles. The van der Waals surface area contributed by atoms with Crippen molar-refractivity contribution >= 4 is 0 Å². The van der Waals surface area contributed by atoms with Crippen molar-refractivity contribution < 1.29 is 22.0 Å². The Labute approximate surface area is 172 Å². The molecule has 0 N–H and O–H groups in total. The number of aryl methyl sites for hydroxylation is 1. The molecule has 1 aliphatic carbocycles. The van der Waals surface area contributed by atoms with Crippen LogP contribution in [0.1, 0.15) is 47.9 Å². The fraction of sp³-hybridized carbons (Fsp3) is 0.280. The lowest BCUT2D eigenvalue weighted by atomic mass is 9.78. The average molecular weight is 416 g/mol. The highest BCUT2D eigenvalue weighted by Crippen LogP contribution is 2.40. The molecule has 0 fully saturated rings. The Morgan fingerprint density at radius 2 is 1.67 bits per heavy atom. The molecule has 0 aromatic heterocycles. The van der Waals surface area contributed by atoms with Crippen molar-refractivity contribution in [2.24, 2.45) is 0 Å². The van der Waals surface area contributed by atoms with Crippen molar-refractivity contribution in [2.75, 3.05) is 0 Å². The molecule has 0 saturated heterocycles. The Kier molecular flexibility index (Phi) is 5.63. The predicted molar refractivity (Wildman–Crippen MR) is 107 cm³/mol. The summed E-state index contributed by atoms with van der Waals surface area (Å²) in [7, 11) is 0. The summed E-state index contributed by atoms with van der Waals surface area (Å²) < 4.78 is 72.3. The third-order valence-electron chi connectivity index (χ3n) is 5.89. The highest BCUT2D eigenvalue weighted by Gasteiger charge is 2.29. The molecule has 0 heterocycles. The lowest BCUT2D eigenvalue weighted by Gasteiger charge is -2.27. The van der Waals surface area contributed by atoms with Crippen LogP contribution in [0.4, 0.5) is 22.0 Å². The van der Waals surface area contributed by atoms with Crippen LogP contribution in [0.3, 0.4) is 0 Å². The van der Waals surface area contributed by atoms with Crippen molar-refractivity contribution in [3.05, 3.63) is 93.8 Å². The van der Waals surface area contributed by atoms with Gasteiger partial charge < -0.3 is 0 Å². The summed E-state index contributed by atoms with van der Waals surface area (Å²) in [5.74, 6) is -4.75. The van der Waals surface area contributed by atoms with Gasteiger partial charge in [0.2, 0.25) is 0 Å². The van der Waals surface area contributed by atoms with E-state index in [4.69, 9.17) is 0 Å². The second-order valence-corrected chi connectivity index (χ2v) is 7.83. The molecule has 0 amide bonds. The van der Waals surface area contributed by atoms with E-state index in [-0.39, 0.29) is 23.7 Å². The summed E-state index contributed by atoms with van der Waals surface area (Å²) in [5.41, 5.74) is 1.20. The Morgan fingerprint density at radius 1 is 0.867 bits per heavy atom. The van der Waals surface area contributed by atoms with Gasteiger partial charge in [0, 0.05) is 5.56 Å². The second-order valence-electron chi connectivity index (χ2n) is 7.83. The number of benzene rings is 3. The summed E-state index contributed by atoms with van der Waals surface area (Å²) in [5, 5.41) is 0. The van der Waals surface area contributed by atoms with Crippen LogP contribution in [0, 0.1) is 29.1 Å². The van der Waals surface area contributed by atoms with Gasteiger partial charge in [-0.25, -0.2) is 22.0 Å². The minimum absolute atomic E-state index is 0.191. The number of halogens is 5. The van der Waals surface area contributed by atoms with Gasteiger partial charge in [0.1, 0.15) is 17.5 Å². The van der Waals surface area contributed by atoms with Crippen molar-refractivity contribution in [3.63, 3.8) is 0 Å². The SMILES string of the molecule is CCCc1ccc(C2CCc3c(cc(F)c(-c4cccc(F)c4F)c3F)C2)c(F)c1. The molecule has 1 unspecified atom stereocenters. The standard InChI is InChI=1S/C25H21F5/c1-2-4-14-7-9-17(21(27)11-14)15-8-10-18-16(12-15)13-22(28)23(25(18)30)19-5-3-6-20(26)24(19)29/h3,5-7,9,11,13,15H,2,4,8,10,12H2,1H3. The molecule has 156 valence electrons. The number of rotatable bonds is 4. The summed E-state index contributed by atoms with van der Waals surface area (Å²) in [6.07, 6.45) is 2.76. The molecule has 5 heteroatoms. The first kappa shape index (κ1) is 20.6. The molecule has 0 nitrogen and oxygen atoms in total. The number of fused-ring (bicyclic) bond motifs is 1. The fourth-order valence-corrected chi connectivity index (χ4v) is 4.40. The molecule has 4 rings (SSSR count). The van der Waals surface area contributed by atoms with E-state index in [1.54, 1.807) is 6.07 Å². The molecule has 30 heavy (non-hydrogen) atoms. The molecular weight excluding hydrogens is 395 g/mol. The quantitative estimate of drug-likeness (QED) is 0.392. The smallest absolute Gasteiger partial charge is 0.166 e. The van der Waals surface area contributed by atoms with Gasteiger partial charge in [-0.15, -0.1) is 0 Å². The van der Waals surface area contributed by atoms with Crippen molar-refractivity contribution in [1.82, 2.24) is 0 Å². The summed E-state index contributed by atoms with van der Waals surface area (Å²) >= 11 is 0. The average Bonchev–Trinajstić information content (AvgIpc) is 2.71. The zero-order valence-corrected chi connectivity index (χ0v) is 16.5. The van der Waals surface area contributed by atoms with Gasteiger partial charge in [-0.1, -0.05) is 37.6 Å². The van der Waals surface area contributed by atoms with E-state index < -0.39 is 34.4 Å². The first-order valence-corrected chi connectivity index (χ1v) is 10.1. The zero-order chi connectivity index (χ0) is 21.4. The second kappa shape index (κ2) is 8.21.